The van der Waals surface area contributed by atoms with Crippen LogP contribution in [-0.4, -0.2) is 21.7 Å². The van der Waals surface area contributed by atoms with Crippen molar-refractivity contribution < 1.29 is 9.90 Å². The summed E-state index contributed by atoms with van der Waals surface area (Å²) in [4.78, 5) is 12.0. The highest BCUT2D eigenvalue weighted by atomic mass is 16.4. The standard InChI is InChI=1S/C24H34N2O2/c1-15-7-10-21(11-8-15)25-13-22-18(4)26(19(5)23(22)24(27)28)14-20-12-16(2)6-9-17(20)3/h6,9,12,15,21,25H,7-8,10-11,13-14H2,1-5H3,(H,27,28). The lowest BCUT2D eigenvalue weighted by atomic mass is 9.87. The molecule has 1 saturated carbocycles. The maximum atomic E-state index is 12.0. The topological polar surface area (TPSA) is 54.3 Å². The molecular weight excluding hydrogens is 348 g/mol. The van der Waals surface area contributed by atoms with Crippen molar-refractivity contribution in [3.8, 4) is 0 Å². The minimum absolute atomic E-state index is 0.472. The zero-order valence-corrected chi connectivity index (χ0v) is 17.9. The number of carboxylic acids is 1. The van der Waals surface area contributed by atoms with Crippen LogP contribution in [0.25, 0.3) is 0 Å². The van der Waals surface area contributed by atoms with E-state index in [2.05, 4.69) is 55.8 Å². The van der Waals surface area contributed by atoms with E-state index < -0.39 is 5.97 Å². The fourth-order valence-corrected chi connectivity index (χ4v) is 4.54. The van der Waals surface area contributed by atoms with Gasteiger partial charge in [0.1, 0.15) is 0 Å². The van der Waals surface area contributed by atoms with Crippen molar-refractivity contribution in [3.05, 3.63) is 57.4 Å². The van der Waals surface area contributed by atoms with Crippen LogP contribution in [0, 0.1) is 33.6 Å². The molecule has 0 saturated heterocycles. The van der Waals surface area contributed by atoms with Gasteiger partial charge >= 0.3 is 5.97 Å². The third kappa shape index (κ3) is 4.33. The molecule has 0 radical (unpaired) electrons. The molecule has 3 rings (SSSR count). The van der Waals surface area contributed by atoms with Crippen molar-refractivity contribution in [2.75, 3.05) is 0 Å². The molecule has 1 fully saturated rings. The van der Waals surface area contributed by atoms with Gasteiger partial charge in [-0.25, -0.2) is 4.79 Å². The number of rotatable bonds is 6. The number of benzene rings is 1. The molecule has 0 atom stereocenters. The molecular formula is C24H34N2O2. The molecule has 4 nitrogen and oxygen atoms in total. The van der Waals surface area contributed by atoms with Crippen molar-refractivity contribution in [1.82, 2.24) is 9.88 Å². The van der Waals surface area contributed by atoms with Crippen LogP contribution in [0.4, 0.5) is 0 Å². The molecule has 28 heavy (non-hydrogen) atoms. The molecule has 1 aromatic heterocycles. The summed E-state index contributed by atoms with van der Waals surface area (Å²) in [6.07, 6.45) is 4.89. The highest BCUT2D eigenvalue weighted by Gasteiger charge is 2.24. The van der Waals surface area contributed by atoms with Crippen LogP contribution in [0.3, 0.4) is 0 Å². The molecule has 0 bridgehead atoms. The van der Waals surface area contributed by atoms with Crippen LogP contribution < -0.4 is 5.32 Å². The second-order valence-corrected chi connectivity index (χ2v) is 8.68. The lowest BCUT2D eigenvalue weighted by molar-refractivity contribution is 0.0694. The Hall–Kier alpha value is -2.07. The Morgan fingerprint density at radius 2 is 1.79 bits per heavy atom. The molecule has 0 spiro atoms. The molecule has 152 valence electrons. The summed E-state index contributed by atoms with van der Waals surface area (Å²) in [5.74, 6) is -0.00959. The van der Waals surface area contributed by atoms with Gasteiger partial charge in [0, 0.05) is 36.1 Å². The van der Waals surface area contributed by atoms with Gasteiger partial charge in [-0.3, -0.25) is 0 Å². The minimum atomic E-state index is -0.825. The third-order valence-corrected chi connectivity index (χ3v) is 6.54. The third-order valence-electron chi connectivity index (χ3n) is 6.54. The van der Waals surface area contributed by atoms with E-state index in [0.29, 0.717) is 24.7 Å². The average Bonchev–Trinajstić information content (AvgIpc) is 2.88. The first-order valence-electron chi connectivity index (χ1n) is 10.5. The Morgan fingerprint density at radius 1 is 1.11 bits per heavy atom. The predicted octanol–water partition coefficient (Wildman–Crippen LogP) is 5.14. The summed E-state index contributed by atoms with van der Waals surface area (Å²) < 4.78 is 2.17. The maximum absolute atomic E-state index is 12.0. The van der Waals surface area contributed by atoms with E-state index >= 15 is 0 Å². The summed E-state index contributed by atoms with van der Waals surface area (Å²) in [5, 5.41) is 13.5. The fraction of sp³-hybridized carbons (Fsp3) is 0.542. The first-order chi connectivity index (χ1) is 13.3. The SMILES string of the molecule is Cc1ccc(C)c(Cn2c(C)c(CNC3CCC(C)CC3)c(C(=O)O)c2C)c1. The fourth-order valence-electron chi connectivity index (χ4n) is 4.54. The minimum Gasteiger partial charge on any atom is -0.478 e. The summed E-state index contributed by atoms with van der Waals surface area (Å²) in [6, 6.07) is 6.97. The molecule has 2 aromatic rings. The number of carbonyl (C=O) groups is 1. The number of hydrogen-bond acceptors (Lipinski definition) is 2. The van der Waals surface area contributed by atoms with Gasteiger partial charge < -0.3 is 15.0 Å². The molecule has 0 amide bonds. The number of nitrogens with zero attached hydrogens (tertiary/aromatic N) is 1. The van der Waals surface area contributed by atoms with Crippen LogP contribution in [0.15, 0.2) is 18.2 Å². The van der Waals surface area contributed by atoms with Crippen molar-refractivity contribution in [2.24, 2.45) is 5.92 Å². The number of nitrogens with one attached hydrogen (secondary N) is 1. The number of aromatic carboxylic acids is 1. The Morgan fingerprint density at radius 3 is 2.43 bits per heavy atom. The van der Waals surface area contributed by atoms with Gasteiger partial charge in [-0.1, -0.05) is 30.7 Å². The molecule has 1 aromatic carbocycles. The Kier molecular flexibility index (Phi) is 6.29. The van der Waals surface area contributed by atoms with Crippen LogP contribution in [0.5, 0.6) is 0 Å². The Labute approximate surface area is 169 Å². The normalized spacial score (nSPS) is 19.8. The summed E-state index contributed by atoms with van der Waals surface area (Å²) >= 11 is 0. The maximum Gasteiger partial charge on any atom is 0.337 e. The van der Waals surface area contributed by atoms with E-state index in [1.54, 1.807) is 0 Å². The van der Waals surface area contributed by atoms with Crippen molar-refractivity contribution in [3.63, 3.8) is 0 Å². The summed E-state index contributed by atoms with van der Waals surface area (Å²) in [7, 11) is 0. The molecule has 4 heteroatoms. The zero-order valence-electron chi connectivity index (χ0n) is 17.9. The average molecular weight is 383 g/mol. The molecule has 1 aliphatic carbocycles. The first-order valence-corrected chi connectivity index (χ1v) is 10.5. The van der Waals surface area contributed by atoms with Gasteiger partial charge in [-0.05, 0) is 70.4 Å². The van der Waals surface area contributed by atoms with E-state index in [0.717, 1.165) is 22.9 Å². The van der Waals surface area contributed by atoms with E-state index in [-0.39, 0.29) is 0 Å². The van der Waals surface area contributed by atoms with Gasteiger partial charge in [0.05, 0.1) is 5.56 Å². The highest BCUT2D eigenvalue weighted by Crippen LogP contribution is 2.27. The van der Waals surface area contributed by atoms with Gasteiger partial charge in [-0.2, -0.15) is 0 Å². The van der Waals surface area contributed by atoms with Crippen LogP contribution in [-0.2, 0) is 13.1 Å². The van der Waals surface area contributed by atoms with E-state index in [1.165, 1.54) is 42.4 Å². The monoisotopic (exact) mass is 382 g/mol. The largest absolute Gasteiger partial charge is 0.478 e. The van der Waals surface area contributed by atoms with Gasteiger partial charge in [0.2, 0.25) is 0 Å². The highest BCUT2D eigenvalue weighted by molar-refractivity contribution is 5.91. The smallest absolute Gasteiger partial charge is 0.337 e. The molecule has 2 N–H and O–H groups in total. The summed E-state index contributed by atoms with van der Waals surface area (Å²) in [5.41, 5.74) is 7.04. The Bertz CT molecular complexity index is 858. The van der Waals surface area contributed by atoms with Crippen LogP contribution in [0.1, 0.15) is 76.6 Å². The van der Waals surface area contributed by atoms with Crippen LogP contribution >= 0.6 is 0 Å². The first kappa shape index (κ1) is 20.7. The van der Waals surface area contributed by atoms with Gasteiger partial charge in [0.25, 0.3) is 0 Å². The molecule has 1 aliphatic rings. The predicted molar refractivity (Wildman–Crippen MR) is 114 cm³/mol. The van der Waals surface area contributed by atoms with E-state index in [9.17, 15) is 9.90 Å². The van der Waals surface area contributed by atoms with Crippen molar-refractivity contribution in [1.29, 1.82) is 0 Å². The summed E-state index contributed by atoms with van der Waals surface area (Å²) in [6.45, 7) is 11.9. The van der Waals surface area contributed by atoms with Crippen molar-refractivity contribution in [2.45, 2.75) is 79.4 Å². The second-order valence-electron chi connectivity index (χ2n) is 8.68. The second kappa shape index (κ2) is 8.52. The van der Waals surface area contributed by atoms with Crippen LogP contribution in [0.2, 0.25) is 0 Å². The van der Waals surface area contributed by atoms with E-state index in [1.807, 2.05) is 6.92 Å². The van der Waals surface area contributed by atoms with Gasteiger partial charge in [0.15, 0.2) is 0 Å². The molecule has 0 aliphatic heterocycles. The Balaban J connectivity index is 1.87. The molecule has 0 unspecified atom stereocenters. The van der Waals surface area contributed by atoms with E-state index in [4.69, 9.17) is 0 Å². The number of aromatic nitrogens is 1. The van der Waals surface area contributed by atoms with Gasteiger partial charge in [-0.15, -0.1) is 0 Å². The molecule has 1 heterocycles. The number of aryl methyl sites for hydroxylation is 2. The number of hydrogen-bond donors (Lipinski definition) is 2. The van der Waals surface area contributed by atoms with Crippen molar-refractivity contribution >= 4 is 5.97 Å². The zero-order chi connectivity index (χ0) is 20.4. The lowest BCUT2D eigenvalue weighted by Crippen LogP contribution is -2.32. The lowest BCUT2D eigenvalue weighted by Gasteiger charge is -2.27. The number of carboxylic acid groups (broad SMARTS) is 1. The quantitative estimate of drug-likeness (QED) is 0.727.